The van der Waals surface area contributed by atoms with Crippen LogP contribution in [0.15, 0.2) is 12.4 Å². The molecule has 1 N–H and O–H groups in total. The van der Waals surface area contributed by atoms with Crippen LogP contribution in [-0.2, 0) is 10.1 Å². The fourth-order valence-corrected chi connectivity index (χ4v) is 2.04. The van der Waals surface area contributed by atoms with Crippen molar-refractivity contribution in [2.45, 2.75) is 38.4 Å². The van der Waals surface area contributed by atoms with Gasteiger partial charge in [-0.15, -0.1) is 0 Å². The Kier molecular flexibility index (Phi) is 5.30. The quantitative estimate of drug-likeness (QED) is 0.497. The Hall–Kier alpha value is -0.720. The minimum atomic E-state index is -4.14. The fourth-order valence-electron chi connectivity index (χ4n) is 1.63. The Morgan fingerprint density at radius 2 is 2.18 bits per heavy atom. The lowest BCUT2D eigenvalue weighted by atomic mass is 10.3. The second-order valence-corrected chi connectivity index (χ2v) is 6.24. The van der Waals surface area contributed by atoms with Gasteiger partial charge in [0.1, 0.15) is 0 Å². The second kappa shape index (κ2) is 6.28. The standard InChI is InChI=1S/C11H20N2O3S/c1-3-4-6-12-8-9-13(10-12)7-5-11(2)17(14,15)16/h8-11H,3-7H2,1-2H3/p+1. The Morgan fingerprint density at radius 3 is 2.76 bits per heavy atom. The Bertz CT molecular complexity index is 401. The molecule has 0 spiro atoms. The van der Waals surface area contributed by atoms with E-state index in [2.05, 4.69) is 11.5 Å². The maximum absolute atomic E-state index is 10.7. The molecule has 0 aromatic heterocycles. The summed E-state index contributed by atoms with van der Waals surface area (Å²) < 4.78 is 34.3. The molecule has 2 unspecified atom stereocenters. The minimum absolute atomic E-state index is 0.392. The van der Waals surface area contributed by atoms with E-state index in [1.807, 2.05) is 18.7 Å². The van der Waals surface area contributed by atoms with Gasteiger partial charge < -0.3 is 4.55 Å². The van der Waals surface area contributed by atoms with Gasteiger partial charge in [-0.2, -0.15) is 4.58 Å². The maximum atomic E-state index is 10.7. The highest BCUT2D eigenvalue weighted by Gasteiger charge is 2.19. The Balaban J connectivity index is 2.36. The number of nitrogens with one attached hydrogen (secondary N) is 1. The van der Waals surface area contributed by atoms with E-state index in [4.69, 9.17) is 0 Å². The topological polar surface area (TPSA) is 64.7 Å². The van der Waals surface area contributed by atoms with Crippen LogP contribution in [-0.4, -0.2) is 42.2 Å². The molecule has 5 nitrogen and oxygen atoms in total. The van der Waals surface area contributed by atoms with Crippen molar-refractivity contribution in [3.63, 3.8) is 0 Å². The van der Waals surface area contributed by atoms with Crippen LogP contribution in [0, 0.1) is 0 Å². The van der Waals surface area contributed by atoms with Gasteiger partial charge in [0.15, 0.2) is 12.7 Å². The van der Waals surface area contributed by atoms with Gasteiger partial charge in [0.25, 0.3) is 0 Å². The molecular formula is C11H21N2O3S+. The zero-order valence-electron chi connectivity index (χ0n) is 10.4. The smallest absolute Gasteiger partial charge is 0.335 e. The monoisotopic (exact) mass is 261 g/mol. The summed E-state index contributed by atoms with van der Waals surface area (Å²) in [5.41, 5.74) is 0. The van der Waals surface area contributed by atoms with Gasteiger partial charge in [0.2, 0.25) is 6.20 Å². The molecule has 1 heterocycles. The average molecular weight is 261 g/mol. The summed E-state index contributed by atoms with van der Waals surface area (Å²) in [6, 6.07) is 0. The van der Waals surface area contributed by atoms with E-state index < -0.39 is 15.4 Å². The van der Waals surface area contributed by atoms with Gasteiger partial charge in [-0.1, -0.05) is 13.3 Å². The molecule has 6 heteroatoms. The highest BCUT2D eigenvalue weighted by molar-refractivity contribution is 7.86. The van der Waals surface area contributed by atoms with Crippen molar-refractivity contribution in [1.82, 2.24) is 0 Å². The number of hydrogen-bond donors (Lipinski definition) is 1. The molecule has 0 saturated heterocycles. The van der Waals surface area contributed by atoms with Crippen molar-refractivity contribution in [2.24, 2.45) is 0 Å². The summed E-state index contributed by atoms with van der Waals surface area (Å²) in [7, 11) is -4.14. The number of unbranched alkanes of at least 4 members (excludes halogenated alkanes) is 1. The second-order valence-electron chi connectivity index (χ2n) is 4.45. The lowest BCUT2D eigenvalue weighted by Crippen LogP contribution is -3.06. The first-order chi connectivity index (χ1) is 7.93. The molecule has 0 aromatic rings. The lowest BCUT2D eigenvalue weighted by Gasteiger charge is -2.15. The van der Waals surface area contributed by atoms with Crippen molar-refractivity contribution < 1.29 is 22.4 Å². The molecular weight excluding hydrogens is 240 g/mol. The summed E-state index contributed by atoms with van der Waals surface area (Å²) in [5, 5.41) is -0.804. The maximum Gasteiger partial charge on any atom is 0.335 e. The van der Waals surface area contributed by atoms with Crippen LogP contribution in [0.1, 0.15) is 33.1 Å². The largest absolute Gasteiger partial charge is 0.748 e. The van der Waals surface area contributed by atoms with Gasteiger partial charge >= 0.3 is 6.34 Å². The molecule has 0 aliphatic carbocycles. The summed E-state index contributed by atoms with van der Waals surface area (Å²) in [6.07, 6.45) is 8.70. The van der Waals surface area contributed by atoms with Crippen LogP contribution in [0.4, 0.5) is 0 Å². The number of rotatable bonds is 7. The van der Waals surface area contributed by atoms with Crippen molar-refractivity contribution in [3.05, 3.63) is 12.4 Å². The van der Waals surface area contributed by atoms with Crippen LogP contribution in [0.5, 0.6) is 0 Å². The van der Waals surface area contributed by atoms with Crippen LogP contribution in [0.2, 0.25) is 0 Å². The Morgan fingerprint density at radius 1 is 1.47 bits per heavy atom. The highest BCUT2D eigenvalue weighted by Crippen LogP contribution is 2.00. The third-order valence-corrected chi connectivity index (χ3v) is 4.14. The molecule has 0 saturated carbocycles. The molecule has 1 aliphatic heterocycles. The summed E-state index contributed by atoms with van der Waals surface area (Å²) in [6.45, 7) is 5.25. The van der Waals surface area contributed by atoms with Crippen molar-refractivity contribution >= 4 is 16.5 Å². The van der Waals surface area contributed by atoms with E-state index in [1.54, 1.807) is 0 Å². The summed E-state index contributed by atoms with van der Waals surface area (Å²) in [5.74, 6) is 0. The number of quaternary nitrogens is 1. The zero-order valence-corrected chi connectivity index (χ0v) is 11.2. The van der Waals surface area contributed by atoms with Crippen LogP contribution >= 0.6 is 0 Å². The van der Waals surface area contributed by atoms with Crippen molar-refractivity contribution in [2.75, 3.05) is 13.1 Å². The number of nitrogens with zero attached hydrogens (tertiary/aromatic N) is 1. The van der Waals surface area contributed by atoms with E-state index in [0.717, 1.165) is 24.3 Å². The zero-order chi connectivity index (χ0) is 12.9. The van der Waals surface area contributed by atoms with Gasteiger partial charge in [-0.25, -0.2) is 13.3 Å². The fraction of sp³-hybridized carbons (Fsp3) is 0.727. The lowest BCUT2D eigenvalue weighted by molar-refractivity contribution is -0.749. The molecule has 1 aliphatic rings. The van der Waals surface area contributed by atoms with E-state index in [-0.39, 0.29) is 0 Å². The van der Waals surface area contributed by atoms with Crippen molar-refractivity contribution in [3.8, 4) is 0 Å². The van der Waals surface area contributed by atoms with Gasteiger partial charge in [0.05, 0.1) is 21.9 Å². The average Bonchev–Trinajstić information content (AvgIpc) is 2.69. The van der Waals surface area contributed by atoms with E-state index in [0.29, 0.717) is 13.0 Å². The first-order valence-electron chi connectivity index (χ1n) is 6.03. The van der Waals surface area contributed by atoms with Gasteiger partial charge in [-0.3, -0.25) is 0 Å². The highest BCUT2D eigenvalue weighted by atomic mass is 32.2. The molecule has 17 heavy (non-hydrogen) atoms. The third-order valence-electron chi connectivity index (χ3n) is 2.91. The van der Waals surface area contributed by atoms with Crippen LogP contribution in [0.25, 0.3) is 0 Å². The van der Waals surface area contributed by atoms with Gasteiger partial charge in [0, 0.05) is 12.8 Å². The Labute approximate surface area is 103 Å². The third kappa shape index (κ3) is 4.97. The number of hydrogen-bond acceptors (Lipinski definition) is 3. The van der Waals surface area contributed by atoms with E-state index in [1.165, 1.54) is 6.92 Å². The van der Waals surface area contributed by atoms with Gasteiger partial charge in [-0.05, 0) is 6.92 Å². The van der Waals surface area contributed by atoms with E-state index in [9.17, 15) is 13.0 Å². The SMILES string of the molecule is CCCC[N+]1=C[NH+](CCC(C)S(=O)(=O)[O-])C=C1. The first kappa shape index (κ1) is 14.3. The van der Waals surface area contributed by atoms with Crippen LogP contribution in [0.3, 0.4) is 0 Å². The predicted molar refractivity (Wildman–Crippen MR) is 64.8 cm³/mol. The molecule has 2 atom stereocenters. The first-order valence-corrected chi connectivity index (χ1v) is 7.50. The molecule has 0 radical (unpaired) electrons. The molecule has 0 amide bonds. The molecule has 0 bridgehead atoms. The molecule has 0 fully saturated rings. The molecule has 1 rings (SSSR count). The summed E-state index contributed by atoms with van der Waals surface area (Å²) >= 11 is 0. The summed E-state index contributed by atoms with van der Waals surface area (Å²) in [4.78, 5) is 1.09. The molecule has 98 valence electrons. The minimum Gasteiger partial charge on any atom is -0.748 e. The predicted octanol–water partition coefficient (Wildman–Crippen LogP) is -0.479. The van der Waals surface area contributed by atoms with Crippen molar-refractivity contribution in [1.29, 1.82) is 0 Å². The normalized spacial score (nSPS) is 21.6. The van der Waals surface area contributed by atoms with Crippen LogP contribution < -0.4 is 4.90 Å². The van der Waals surface area contributed by atoms with E-state index >= 15 is 0 Å². The molecule has 0 aromatic carbocycles.